The number of primary sulfonamides is 1. The van der Waals surface area contributed by atoms with Crippen LogP contribution in [-0.4, -0.2) is 13.4 Å². The predicted octanol–water partition coefficient (Wildman–Crippen LogP) is 3.41. The summed E-state index contributed by atoms with van der Waals surface area (Å²) in [5.74, 6) is 1.06. The lowest BCUT2D eigenvalue weighted by atomic mass is 10.0. The van der Waals surface area contributed by atoms with Crippen molar-refractivity contribution in [1.29, 1.82) is 0 Å². The van der Waals surface area contributed by atoms with E-state index < -0.39 is 10.0 Å². The third-order valence-electron chi connectivity index (χ3n) is 5.33. The summed E-state index contributed by atoms with van der Waals surface area (Å²) < 4.78 is 22.8. The summed E-state index contributed by atoms with van der Waals surface area (Å²) in [6.07, 6.45) is 4.09. The largest absolute Gasteiger partial charge is 0.261 e. The summed E-state index contributed by atoms with van der Waals surface area (Å²) in [4.78, 5) is 4.53. The van der Waals surface area contributed by atoms with Gasteiger partial charge < -0.3 is 0 Å². The SMILES string of the molecule is Cc1ccc(CCC2C(c3ccc(S(N)(=O)=O)cc3)C2(C)C)cn1. The summed E-state index contributed by atoms with van der Waals surface area (Å²) >= 11 is 0. The summed E-state index contributed by atoms with van der Waals surface area (Å²) in [5.41, 5.74) is 3.74. The van der Waals surface area contributed by atoms with Gasteiger partial charge in [0.25, 0.3) is 0 Å². The molecule has 1 aliphatic rings. The lowest BCUT2D eigenvalue weighted by Gasteiger charge is -2.04. The van der Waals surface area contributed by atoms with Crippen LogP contribution < -0.4 is 5.14 Å². The van der Waals surface area contributed by atoms with Gasteiger partial charge in [-0.3, -0.25) is 4.98 Å². The Bertz CT molecular complexity index is 825. The molecule has 1 fully saturated rings. The van der Waals surface area contributed by atoms with Gasteiger partial charge in [-0.15, -0.1) is 0 Å². The Labute approximate surface area is 144 Å². The minimum absolute atomic E-state index is 0.173. The fourth-order valence-corrected chi connectivity index (χ4v) is 4.29. The zero-order valence-electron chi connectivity index (χ0n) is 14.4. The molecule has 0 saturated heterocycles. The van der Waals surface area contributed by atoms with Crippen molar-refractivity contribution in [2.24, 2.45) is 16.5 Å². The van der Waals surface area contributed by atoms with E-state index in [-0.39, 0.29) is 10.3 Å². The first kappa shape index (κ1) is 17.1. The van der Waals surface area contributed by atoms with Crippen LogP contribution in [0.25, 0.3) is 0 Å². The second-order valence-corrected chi connectivity index (χ2v) is 8.93. The van der Waals surface area contributed by atoms with Gasteiger partial charge in [-0.05, 0) is 66.3 Å². The highest BCUT2D eigenvalue weighted by Crippen LogP contribution is 2.66. The highest BCUT2D eigenvalue weighted by Gasteiger charge is 2.57. The molecule has 2 aromatic rings. The molecule has 5 heteroatoms. The van der Waals surface area contributed by atoms with Crippen LogP contribution >= 0.6 is 0 Å². The molecule has 1 aliphatic carbocycles. The highest BCUT2D eigenvalue weighted by atomic mass is 32.2. The van der Waals surface area contributed by atoms with Crippen LogP contribution in [0.3, 0.4) is 0 Å². The van der Waals surface area contributed by atoms with E-state index in [4.69, 9.17) is 5.14 Å². The van der Waals surface area contributed by atoms with Gasteiger partial charge >= 0.3 is 0 Å². The molecule has 0 bridgehead atoms. The maximum Gasteiger partial charge on any atom is 0.238 e. The second kappa shape index (κ2) is 5.97. The molecule has 128 valence electrons. The topological polar surface area (TPSA) is 73.1 Å². The molecule has 4 nitrogen and oxygen atoms in total. The van der Waals surface area contributed by atoms with Crippen molar-refractivity contribution in [2.45, 2.75) is 44.4 Å². The molecule has 0 aliphatic heterocycles. The first-order valence-corrected chi connectivity index (χ1v) is 9.78. The zero-order chi connectivity index (χ0) is 17.5. The van der Waals surface area contributed by atoms with E-state index in [1.54, 1.807) is 12.1 Å². The first-order valence-electron chi connectivity index (χ1n) is 8.24. The van der Waals surface area contributed by atoms with Crippen LogP contribution in [0, 0.1) is 18.3 Å². The average molecular weight is 344 g/mol. The number of sulfonamides is 1. The number of benzene rings is 1. The molecule has 24 heavy (non-hydrogen) atoms. The molecule has 1 aromatic carbocycles. The molecule has 2 atom stereocenters. The van der Waals surface area contributed by atoms with Crippen molar-refractivity contribution >= 4 is 10.0 Å². The predicted molar refractivity (Wildman–Crippen MR) is 95.1 cm³/mol. The third-order valence-corrected chi connectivity index (χ3v) is 6.26. The van der Waals surface area contributed by atoms with Crippen molar-refractivity contribution < 1.29 is 8.42 Å². The van der Waals surface area contributed by atoms with Gasteiger partial charge in [0.15, 0.2) is 0 Å². The Morgan fingerprint density at radius 1 is 1.12 bits per heavy atom. The molecular weight excluding hydrogens is 320 g/mol. The fraction of sp³-hybridized carbons (Fsp3) is 0.421. The van der Waals surface area contributed by atoms with Crippen LogP contribution in [-0.2, 0) is 16.4 Å². The minimum atomic E-state index is -3.62. The molecule has 0 amide bonds. The van der Waals surface area contributed by atoms with Gasteiger partial charge in [-0.25, -0.2) is 13.6 Å². The normalized spacial score (nSPS) is 22.3. The summed E-state index contributed by atoms with van der Waals surface area (Å²) in [6, 6.07) is 11.2. The van der Waals surface area contributed by atoms with Crippen molar-refractivity contribution in [2.75, 3.05) is 0 Å². The summed E-state index contributed by atoms with van der Waals surface area (Å²) in [6.45, 7) is 6.56. The molecular formula is C19H24N2O2S. The highest BCUT2D eigenvalue weighted by molar-refractivity contribution is 7.89. The maximum atomic E-state index is 11.4. The molecule has 0 radical (unpaired) electrons. The lowest BCUT2D eigenvalue weighted by molar-refractivity contribution is 0.530. The number of nitrogens with zero attached hydrogens (tertiary/aromatic N) is 1. The molecule has 1 saturated carbocycles. The van der Waals surface area contributed by atoms with E-state index in [2.05, 4.69) is 31.0 Å². The van der Waals surface area contributed by atoms with Crippen molar-refractivity contribution in [1.82, 2.24) is 4.98 Å². The second-order valence-electron chi connectivity index (χ2n) is 7.37. The molecule has 3 rings (SSSR count). The summed E-state index contributed by atoms with van der Waals surface area (Å²) in [7, 11) is -3.62. The van der Waals surface area contributed by atoms with Gasteiger partial charge in [0, 0.05) is 11.9 Å². The smallest absolute Gasteiger partial charge is 0.238 e. The molecule has 0 spiro atoms. The Kier molecular flexibility index (Phi) is 4.26. The van der Waals surface area contributed by atoms with Crippen LogP contribution in [0.5, 0.6) is 0 Å². The van der Waals surface area contributed by atoms with E-state index in [0.717, 1.165) is 18.5 Å². The number of hydrogen-bond acceptors (Lipinski definition) is 3. The molecule has 1 aromatic heterocycles. The van der Waals surface area contributed by atoms with Crippen LogP contribution in [0.1, 0.15) is 43.0 Å². The number of nitrogens with two attached hydrogens (primary N) is 1. The van der Waals surface area contributed by atoms with E-state index in [0.29, 0.717) is 11.8 Å². The van der Waals surface area contributed by atoms with Gasteiger partial charge in [0.2, 0.25) is 10.0 Å². The van der Waals surface area contributed by atoms with Crippen molar-refractivity contribution in [3.63, 3.8) is 0 Å². The van der Waals surface area contributed by atoms with Crippen molar-refractivity contribution in [3.8, 4) is 0 Å². The number of hydrogen-bond donors (Lipinski definition) is 1. The van der Waals surface area contributed by atoms with Gasteiger partial charge in [-0.1, -0.05) is 32.0 Å². The van der Waals surface area contributed by atoms with Crippen LogP contribution in [0.2, 0.25) is 0 Å². The zero-order valence-corrected chi connectivity index (χ0v) is 15.2. The Hall–Kier alpha value is -1.72. The monoisotopic (exact) mass is 344 g/mol. The fourth-order valence-electron chi connectivity index (χ4n) is 3.78. The van der Waals surface area contributed by atoms with Gasteiger partial charge in [-0.2, -0.15) is 0 Å². The lowest BCUT2D eigenvalue weighted by Crippen LogP contribution is -2.11. The quantitative estimate of drug-likeness (QED) is 0.903. The summed E-state index contributed by atoms with van der Waals surface area (Å²) in [5, 5.41) is 5.17. The van der Waals surface area contributed by atoms with Gasteiger partial charge in [0.05, 0.1) is 4.90 Å². The maximum absolute atomic E-state index is 11.4. The number of pyridine rings is 1. The molecule has 1 heterocycles. The minimum Gasteiger partial charge on any atom is -0.261 e. The third kappa shape index (κ3) is 3.37. The Morgan fingerprint density at radius 2 is 1.79 bits per heavy atom. The van der Waals surface area contributed by atoms with E-state index in [9.17, 15) is 8.42 Å². The first-order chi connectivity index (χ1) is 11.2. The molecule has 2 N–H and O–H groups in total. The van der Waals surface area contributed by atoms with E-state index in [1.165, 1.54) is 11.1 Å². The Morgan fingerprint density at radius 3 is 2.33 bits per heavy atom. The van der Waals surface area contributed by atoms with E-state index >= 15 is 0 Å². The van der Waals surface area contributed by atoms with Crippen LogP contribution in [0.4, 0.5) is 0 Å². The Balaban J connectivity index is 1.69. The van der Waals surface area contributed by atoms with Crippen molar-refractivity contribution in [3.05, 3.63) is 59.4 Å². The average Bonchev–Trinajstić information content (AvgIpc) is 3.07. The van der Waals surface area contributed by atoms with E-state index in [1.807, 2.05) is 25.3 Å². The van der Waals surface area contributed by atoms with Crippen LogP contribution in [0.15, 0.2) is 47.5 Å². The molecule has 2 unspecified atom stereocenters. The van der Waals surface area contributed by atoms with Gasteiger partial charge in [0.1, 0.15) is 0 Å². The standard InChI is InChI=1S/C19H24N2O2S/c1-13-4-5-14(12-21-13)6-11-17-18(19(17,2)3)15-7-9-16(10-8-15)24(20,22)23/h4-5,7-10,12,17-18H,6,11H2,1-3H3,(H2,20,22,23). The number of aromatic nitrogens is 1. The number of rotatable bonds is 5. The number of aryl methyl sites for hydroxylation is 2.